The molecule has 0 saturated carbocycles. The van der Waals surface area contributed by atoms with Crippen molar-refractivity contribution in [3.63, 3.8) is 0 Å². The lowest BCUT2D eigenvalue weighted by atomic mass is 10.1. The Morgan fingerprint density at radius 1 is 0.893 bits per heavy atom. The molecule has 0 bridgehead atoms. The minimum atomic E-state index is -0.147. The highest BCUT2D eigenvalue weighted by Crippen LogP contribution is 2.23. The Balaban J connectivity index is 1.36. The van der Waals surface area contributed by atoms with Gasteiger partial charge >= 0.3 is 0 Å². The van der Waals surface area contributed by atoms with Crippen LogP contribution in [0.1, 0.15) is 15.9 Å². The van der Waals surface area contributed by atoms with Gasteiger partial charge in [0.15, 0.2) is 0 Å². The molecule has 0 saturated heterocycles. The van der Waals surface area contributed by atoms with Crippen LogP contribution in [0.3, 0.4) is 0 Å². The van der Waals surface area contributed by atoms with E-state index in [1.807, 2.05) is 89.6 Å². The second-order valence-electron chi connectivity index (χ2n) is 6.33. The van der Waals surface area contributed by atoms with E-state index in [0.29, 0.717) is 17.0 Å². The average molecular weight is 369 g/mol. The van der Waals surface area contributed by atoms with Crippen LogP contribution < -0.4 is 10.1 Å². The minimum Gasteiger partial charge on any atom is -0.457 e. The number of nitrogens with zero attached hydrogens (tertiary/aromatic N) is 2. The van der Waals surface area contributed by atoms with Crippen molar-refractivity contribution in [2.45, 2.75) is 6.54 Å². The molecule has 0 spiro atoms. The number of imidazole rings is 1. The van der Waals surface area contributed by atoms with Gasteiger partial charge in [0.25, 0.3) is 5.91 Å². The van der Waals surface area contributed by atoms with E-state index >= 15 is 0 Å². The lowest BCUT2D eigenvalue weighted by Gasteiger charge is -2.09. The molecule has 5 heteroatoms. The Morgan fingerprint density at radius 3 is 2.29 bits per heavy atom. The molecule has 5 nitrogen and oxygen atoms in total. The number of rotatable bonds is 6. The van der Waals surface area contributed by atoms with Crippen molar-refractivity contribution >= 4 is 11.6 Å². The normalized spacial score (nSPS) is 10.4. The van der Waals surface area contributed by atoms with Crippen LogP contribution in [0.5, 0.6) is 11.5 Å². The molecule has 28 heavy (non-hydrogen) atoms. The summed E-state index contributed by atoms with van der Waals surface area (Å²) < 4.78 is 7.74. The van der Waals surface area contributed by atoms with E-state index in [1.54, 1.807) is 12.5 Å². The summed E-state index contributed by atoms with van der Waals surface area (Å²) in [5.41, 5.74) is 2.43. The molecule has 0 radical (unpaired) electrons. The maximum Gasteiger partial charge on any atom is 0.255 e. The van der Waals surface area contributed by atoms with E-state index in [0.717, 1.165) is 17.9 Å². The molecule has 1 amide bonds. The number of amides is 1. The fraction of sp³-hybridized carbons (Fsp3) is 0.0435. The molecule has 1 heterocycles. The molecule has 4 rings (SSSR count). The van der Waals surface area contributed by atoms with Crippen LogP contribution in [0.15, 0.2) is 97.6 Å². The highest BCUT2D eigenvalue weighted by molar-refractivity contribution is 6.04. The number of para-hydroxylation sites is 1. The van der Waals surface area contributed by atoms with Gasteiger partial charge in [-0.1, -0.05) is 30.3 Å². The number of ether oxygens (including phenoxy) is 1. The maximum absolute atomic E-state index is 12.5. The van der Waals surface area contributed by atoms with Crippen LogP contribution >= 0.6 is 0 Å². The fourth-order valence-corrected chi connectivity index (χ4v) is 2.79. The van der Waals surface area contributed by atoms with Crippen molar-refractivity contribution in [1.82, 2.24) is 9.55 Å². The Kier molecular flexibility index (Phi) is 5.15. The van der Waals surface area contributed by atoms with Crippen LogP contribution in [0.25, 0.3) is 0 Å². The van der Waals surface area contributed by atoms with Gasteiger partial charge in [-0.25, -0.2) is 4.98 Å². The molecule has 0 aliphatic carbocycles. The van der Waals surface area contributed by atoms with E-state index in [4.69, 9.17) is 4.74 Å². The van der Waals surface area contributed by atoms with Gasteiger partial charge in [0.2, 0.25) is 0 Å². The standard InChI is InChI=1S/C23H19N3O2/c27-23(19-8-6-18(7-9-19)16-26-15-14-24-17-26)25-20-10-12-22(13-11-20)28-21-4-2-1-3-5-21/h1-15,17H,16H2,(H,25,27). The first kappa shape index (κ1) is 17.5. The van der Waals surface area contributed by atoms with Crippen molar-refractivity contribution < 1.29 is 9.53 Å². The number of benzene rings is 3. The van der Waals surface area contributed by atoms with Gasteiger partial charge < -0.3 is 14.6 Å². The van der Waals surface area contributed by atoms with Crippen LogP contribution in [0.2, 0.25) is 0 Å². The van der Waals surface area contributed by atoms with E-state index in [1.165, 1.54) is 0 Å². The van der Waals surface area contributed by atoms with E-state index in [-0.39, 0.29) is 5.91 Å². The number of carbonyl (C=O) groups is 1. The molecule has 0 aliphatic heterocycles. The minimum absolute atomic E-state index is 0.147. The van der Waals surface area contributed by atoms with E-state index in [9.17, 15) is 4.79 Å². The number of hydrogen-bond donors (Lipinski definition) is 1. The summed E-state index contributed by atoms with van der Waals surface area (Å²) in [4.78, 5) is 16.5. The molecule has 4 aromatic rings. The van der Waals surface area contributed by atoms with Crippen molar-refractivity contribution in [3.05, 3.63) is 109 Å². The third-order valence-electron chi connectivity index (χ3n) is 4.23. The molecule has 1 aromatic heterocycles. The molecule has 0 fully saturated rings. The zero-order chi connectivity index (χ0) is 19.2. The number of nitrogens with one attached hydrogen (secondary N) is 1. The highest BCUT2D eigenvalue weighted by Gasteiger charge is 2.07. The second-order valence-corrected chi connectivity index (χ2v) is 6.33. The monoisotopic (exact) mass is 369 g/mol. The predicted octanol–water partition coefficient (Wildman–Crippen LogP) is 4.98. The summed E-state index contributed by atoms with van der Waals surface area (Å²) in [5, 5.41) is 2.90. The first-order chi connectivity index (χ1) is 13.8. The molecular weight excluding hydrogens is 350 g/mol. The van der Waals surface area contributed by atoms with Crippen molar-refractivity contribution in [1.29, 1.82) is 0 Å². The van der Waals surface area contributed by atoms with E-state index < -0.39 is 0 Å². The van der Waals surface area contributed by atoms with Crippen LogP contribution in [0, 0.1) is 0 Å². The first-order valence-electron chi connectivity index (χ1n) is 8.95. The Labute approximate surface area is 163 Å². The van der Waals surface area contributed by atoms with Gasteiger partial charge in [0.1, 0.15) is 11.5 Å². The second kappa shape index (κ2) is 8.22. The lowest BCUT2D eigenvalue weighted by molar-refractivity contribution is 0.102. The summed E-state index contributed by atoms with van der Waals surface area (Å²) in [6.07, 6.45) is 5.43. The number of anilines is 1. The van der Waals surface area contributed by atoms with Crippen LogP contribution in [-0.4, -0.2) is 15.5 Å². The van der Waals surface area contributed by atoms with Crippen molar-refractivity contribution in [2.24, 2.45) is 0 Å². The first-order valence-corrected chi connectivity index (χ1v) is 8.95. The maximum atomic E-state index is 12.5. The van der Waals surface area contributed by atoms with Gasteiger partial charge in [0.05, 0.1) is 6.33 Å². The third-order valence-corrected chi connectivity index (χ3v) is 4.23. The largest absolute Gasteiger partial charge is 0.457 e. The SMILES string of the molecule is O=C(Nc1ccc(Oc2ccccc2)cc1)c1ccc(Cn2ccnc2)cc1. The Bertz CT molecular complexity index is 1030. The summed E-state index contributed by atoms with van der Waals surface area (Å²) in [7, 11) is 0. The zero-order valence-electron chi connectivity index (χ0n) is 15.2. The summed E-state index contributed by atoms with van der Waals surface area (Å²) in [6.45, 7) is 0.727. The molecule has 3 aromatic carbocycles. The smallest absolute Gasteiger partial charge is 0.255 e. The van der Waals surface area contributed by atoms with E-state index in [2.05, 4.69) is 10.3 Å². The molecule has 1 N–H and O–H groups in total. The fourth-order valence-electron chi connectivity index (χ4n) is 2.79. The van der Waals surface area contributed by atoms with Gasteiger partial charge in [-0.3, -0.25) is 4.79 Å². The number of carbonyl (C=O) groups excluding carboxylic acids is 1. The third kappa shape index (κ3) is 4.45. The van der Waals surface area contributed by atoms with Gasteiger partial charge in [-0.2, -0.15) is 0 Å². The van der Waals surface area contributed by atoms with Crippen LogP contribution in [0.4, 0.5) is 5.69 Å². The highest BCUT2D eigenvalue weighted by atomic mass is 16.5. The predicted molar refractivity (Wildman–Crippen MR) is 109 cm³/mol. The van der Waals surface area contributed by atoms with Gasteiger partial charge in [-0.05, 0) is 54.1 Å². The quantitative estimate of drug-likeness (QED) is 0.522. The molecule has 0 atom stereocenters. The molecule has 138 valence electrons. The number of hydrogen-bond acceptors (Lipinski definition) is 3. The Morgan fingerprint density at radius 2 is 1.61 bits per heavy atom. The zero-order valence-corrected chi connectivity index (χ0v) is 15.2. The molecule has 0 aliphatic rings. The Hall–Kier alpha value is -3.86. The van der Waals surface area contributed by atoms with Crippen molar-refractivity contribution in [3.8, 4) is 11.5 Å². The van der Waals surface area contributed by atoms with Crippen LogP contribution in [-0.2, 0) is 6.54 Å². The average Bonchev–Trinajstić information content (AvgIpc) is 3.24. The summed E-state index contributed by atoms with van der Waals surface area (Å²) in [5.74, 6) is 1.34. The molecule has 0 unspecified atom stereocenters. The van der Waals surface area contributed by atoms with Gasteiger partial charge in [0, 0.05) is 30.2 Å². The molecular formula is C23H19N3O2. The van der Waals surface area contributed by atoms with Crippen molar-refractivity contribution in [2.75, 3.05) is 5.32 Å². The summed E-state index contributed by atoms with van der Waals surface area (Å²) in [6, 6.07) is 24.4. The topological polar surface area (TPSA) is 56.1 Å². The van der Waals surface area contributed by atoms with Gasteiger partial charge in [-0.15, -0.1) is 0 Å². The lowest BCUT2D eigenvalue weighted by Crippen LogP contribution is -2.11. The summed E-state index contributed by atoms with van der Waals surface area (Å²) >= 11 is 0. The number of aromatic nitrogens is 2.